The molecule has 0 aromatic carbocycles. The smallest absolute Gasteiger partial charge is 0.0585 e. The molecule has 1 fully saturated rings. The molecule has 1 rings (SSSR count). The van der Waals surface area contributed by atoms with Gasteiger partial charge in [-0.15, -0.1) is 0 Å². The zero-order chi connectivity index (χ0) is 11.3. The van der Waals surface area contributed by atoms with Crippen molar-refractivity contribution >= 4 is 0 Å². The number of likely N-dealkylation sites (N-methyl/N-ethyl adjacent to an activating group) is 1. The summed E-state index contributed by atoms with van der Waals surface area (Å²) >= 11 is 0. The largest absolute Gasteiger partial charge is 0.395 e. The second kappa shape index (κ2) is 6.46. The van der Waals surface area contributed by atoms with Gasteiger partial charge >= 0.3 is 0 Å². The molecule has 3 unspecified atom stereocenters. The fourth-order valence-corrected chi connectivity index (χ4v) is 2.32. The average molecular weight is 214 g/mol. The third-order valence-corrected chi connectivity index (χ3v) is 3.57. The highest BCUT2D eigenvalue weighted by Gasteiger charge is 2.25. The fraction of sp³-hybridized carbons (Fsp3) is 1.00. The van der Waals surface area contributed by atoms with Gasteiger partial charge < -0.3 is 15.3 Å². The van der Waals surface area contributed by atoms with E-state index in [0.717, 1.165) is 31.3 Å². The van der Waals surface area contributed by atoms with Crippen LogP contribution in [0.2, 0.25) is 0 Å². The van der Waals surface area contributed by atoms with Crippen molar-refractivity contribution in [3.8, 4) is 0 Å². The summed E-state index contributed by atoms with van der Waals surface area (Å²) in [6, 6.07) is 0.279. The van der Waals surface area contributed by atoms with Gasteiger partial charge in [-0.3, -0.25) is 0 Å². The van der Waals surface area contributed by atoms with Crippen LogP contribution in [0.25, 0.3) is 0 Å². The van der Waals surface area contributed by atoms with Gasteiger partial charge in [-0.25, -0.2) is 0 Å². The molecule has 0 aromatic rings. The van der Waals surface area contributed by atoms with Crippen molar-refractivity contribution < 1.29 is 5.11 Å². The molecule has 1 saturated heterocycles. The van der Waals surface area contributed by atoms with E-state index >= 15 is 0 Å². The first-order valence-electron chi connectivity index (χ1n) is 6.24. The number of nitrogens with zero attached hydrogens (tertiary/aromatic N) is 1. The molecule has 0 saturated carbocycles. The van der Waals surface area contributed by atoms with Gasteiger partial charge in [-0.1, -0.05) is 20.8 Å². The minimum atomic E-state index is 0.257. The lowest BCUT2D eigenvalue weighted by Gasteiger charge is -2.20. The molecule has 2 N–H and O–H groups in total. The lowest BCUT2D eigenvalue weighted by Crippen LogP contribution is -2.36. The van der Waals surface area contributed by atoms with Crippen LogP contribution in [0.3, 0.4) is 0 Å². The van der Waals surface area contributed by atoms with Crippen LogP contribution in [0.4, 0.5) is 0 Å². The number of hydrogen-bond acceptors (Lipinski definition) is 3. The Hall–Kier alpha value is -0.120. The first kappa shape index (κ1) is 12.9. The van der Waals surface area contributed by atoms with Gasteiger partial charge in [-0.05, 0) is 31.3 Å². The molecule has 3 nitrogen and oxygen atoms in total. The van der Waals surface area contributed by atoms with Crippen LogP contribution >= 0.6 is 0 Å². The van der Waals surface area contributed by atoms with Gasteiger partial charge in [-0.2, -0.15) is 0 Å². The van der Waals surface area contributed by atoms with Crippen LogP contribution in [0.1, 0.15) is 27.2 Å². The molecule has 90 valence electrons. The Morgan fingerprint density at radius 3 is 2.40 bits per heavy atom. The Bertz CT molecular complexity index is 165. The van der Waals surface area contributed by atoms with E-state index in [1.165, 1.54) is 13.1 Å². The summed E-state index contributed by atoms with van der Waals surface area (Å²) in [4.78, 5) is 2.52. The summed E-state index contributed by atoms with van der Waals surface area (Å²) in [6.07, 6.45) is 1.06. The summed E-state index contributed by atoms with van der Waals surface area (Å²) < 4.78 is 0. The van der Waals surface area contributed by atoms with Crippen LogP contribution in [0, 0.1) is 11.8 Å². The molecule has 1 heterocycles. The molecular formula is C12H26N2O. The molecule has 3 atom stereocenters. The van der Waals surface area contributed by atoms with Crippen LogP contribution in [0.15, 0.2) is 0 Å². The zero-order valence-corrected chi connectivity index (χ0v) is 10.4. The number of likely N-dealkylation sites (tertiary alicyclic amines) is 1. The predicted molar refractivity (Wildman–Crippen MR) is 63.9 cm³/mol. The standard InChI is InChI=1S/C12H26N2O/c1-4-13-12(9-15)5-6-14-7-10(2)11(3)8-14/h10-13,15H,4-9H2,1-3H3. The monoisotopic (exact) mass is 214 g/mol. The molecule has 15 heavy (non-hydrogen) atoms. The summed E-state index contributed by atoms with van der Waals surface area (Å²) in [5.41, 5.74) is 0. The SMILES string of the molecule is CCNC(CO)CCN1CC(C)C(C)C1. The van der Waals surface area contributed by atoms with Crippen molar-refractivity contribution in [1.82, 2.24) is 10.2 Å². The van der Waals surface area contributed by atoms with Gasteiger partial charge in [0.2, 0.25) is 0 Å². The normalized spacial score (nSPS) is 29.6. The van der Waals surface area contributed by atoms with Gasteiger partial charge in [0.05, 0.1) is 6.61 Å². The van der Waals surface area contributed by atoms with E-state index in [1.54, 1.807) is 0 Å². The summed E-state index contributed by atoms with van der Waals surface area (Å²) in [5, 5.41) is 12.5. The van der Waals surface area contributed by atoms with Crippen molar-refractivity contribution in [2.24, 2.45) is 11.8 Å². The van der Waals surface area contributed by atoms with E-state index in [9.17, 15) is 0 Å². The topological polar surface area (TPSA) is 35.5 Å². The second-order valence-electron chi connectivity index (χ2n) is 4.94. The van der Waals surface area contributed by atoms with E-state index in [1.807, 2.05) is 0 Å². The Labute approximate surface area is 93.9 Å². The van der Waals surface area contributed by atoms with Crippen LogP contribution in [-0.4, -0.2) is 48.8 Å². The maximum Gasteiger partial charge on any atom is 0.0585 e. The molecule has 3 heteroatoms. The molecule has 0 aliphatic carbocycles. The van der Waals surface area contributed by atoms with Crippen LogP contribution < -0.4 is 5.32 Å². The van der Waals surface area contributed by atoms with E-state index in [2.05, 4.69) is 31.0 Å². The molecule has 0 spiro atoms. The predicted octanol–water partition coefficient (Wildman–Crippen LogP) is 0.935. The lowest BCUT2D eigenvalue weighted by molar-refractivity contribution is 0.217. The third-order valence-electron chi connectivity index (χ3n) is 3.57. The first-order valence-corrected chi connectivity index (χ1v) is 6.24. The Morgan fingerprint density at radius 2 is 1.93 bits per heavy atom. The van der Waals surface area contributed by atoms with Crippen LogP contribution in [0.5, 0.6) is 0 Å². The number of aliphatic hydroxyl groups is 1. The van der Waals surface area contributed by atoms with Gasteiger partial charge in [0.15, 0.2) is 0 Å². The Morgan fingerprint density at radius 1 is 1.33 bits per heavy atom. The molecule has 0 radical (unpaired) electrons. The molecule has 0 bridgehead atoms. The molecule has 1 aliphatic rings. The maximum atomic E-state index is 9.15. The molecule has 1 aliphatic heterocycles. The van der Waals surface area contributed by atoms with Crippen molar-refractivity contribution in [1.29, 1.82) is 0 Å². The Kier molecular flexibility index (Phi) is 5.58. The highest BCUT2D eigenvalue weighted by molar-refractivity contribution is 4.79. The van der Waals surface area contributed by atoms with Crippen molar-refractivity contribution in [3.63, 3.8) is 0 Å². The maximum absolute atomic E-state index is 9.15. The molecule has 0 amide bonds. The number of rotatable bonds is 6. The zero-order valence-electron chi connectivity index (χ0n) is 10.4. The van der Waals surface area contributed by atoms with E-state index < -0.39 is 0 Å². The molecular weight excluding hydrogens is 188 g/mol. The highest BCUT2D eigenvalue weighted by atomic mass is 16.3. The third kappa shape index (κ3) is 4.09. The molecule has 0 aromatic heterocycles. The van der Waals surface area contributed by atoms with E-state index in [0.29, 0.717) is 0 Å². The quantitative estimate of drug-likeness (QED) is 0.690. The van der Waals surface area contributed by atoms with Gasteiger partial charge in [0.25, 0.3) is 0 Å². The van der Waals surface area contributed by atoms with Crippen molar-refractivity contribution in [2.45, 2.75) is 33.2 Å². The van der Waals surface area contributed by atoms with Crippen LogP contribution in [-0.2, 0) is 0 Å². The van der Waals surface area contributed by atoms with E-state index in [4.69, 9.17) is 5.11 Å². The van der Waals surface area contributed by atoms with Crippen molar-refractivity contribution in [3.05, 3.63) is 0 Å². The average Bonchev–Trinajstić information content (AvgIpc) is 2.53. The first-order chi connectivity index (χ1) is 7.17. The second-order valence-corrected chi connectivity index (χ2v) is 4.94. The Balaban J connectivity index is 2.19. The minimum absolute atomic E-state index is 0.257. The number of hydrogen-bond donors (Lipinski definition) is 2. The highest BCUT2D eigenvalue weighted by Crippen LogP contribution is 2.21. The summed E-state index contributed by atoms with van der Waals surface area (Å²) in [6.45, 7) is 11.5. The fourth-order valence-electron chi connectivity index (χ4n) is 2.32. The summed E-state index contributed by atoms with van der Waals surface area (Å²) in [5.74, 6) is 1.66. The number of nitrogens with one attached hydrogen (secondary N) is 1. The summed E-state index contributed by atoms with van der Waals surface area (Å²) in [7, 11) is 0. The van der Waals surface area contributed by atoms with Gasteiger partial charge in [0.1, 0.15) is 0 Å². The number of aliphatic hydroxyl groups excluding tert-OH is 1. The minimum Gasteiger partial charge on any atom is -0.395 e. The van der Waals surface area contributed by atoms with Gasteiger partial charge in [0, 0.05) is 19.1 Å². The lowest BCUT2D eigenvalue weighted by atomic mass is 10.0. The van der Waals surface area contributed by atoms with E-state index in [-0.39, 0.29) is 12.6 Å². The van der Waals surface area contributed by atoms with Crippen molar-refractivity contribution in [2.75, 3.05) is 32.8 Å².